The lowest BCUT2D eigenvalue weighted by molar-refractivity contribution is -0.124. The Morgan fingerprint density at radius 3 is 2.28 bits per heavy atom. The van der Waals surface area contributed by atoms with Gasteiger partial charge in [-0.15, -0.1) is 0 Å². The molecule has 0 bridgehead atoms. The molecule has 0 aliphatic heterocycles. The maximum Gasteiger partial charge on any atom is 0.257 e. The third-order valence-electron chi connectivity index (χ3n) is 4.84. The van der Waals surface area contributed by atoms with Gasteiger partial charge in [0.25, 0.3) is 5.91 Å². The second kappa shape index (κ2) is 8.80. The van der Waals surface area contributed by atoms with Crippen molar-refractivity contribution in [1.82, 2.24) is 0 Å². The smallest absolute Gasteiger partial charge is 0.257 e. The highest BCUT2D eigenvalue weighted by atomic mass is 16.5. The normalized spacial score (nSPS) is 11.6. The molecule has 0 heterocycles. The summed E-state index contributed by atoms with van der Waals surface area (Å²) in [5.74, 6) is 0.747. The maximum atomic E-state index is 12.7. The van der Waals surface area contributed by atoms with Crippen LogP contribution in [0, 0.1) is 13.8 Å². The van der Waals surface area contributed by atoms with E-state index in [0.29, 0.717) is 22.7 Å². The van der Waals surface area contributed by atoms with Crippen LogP contribution in [-0.2, 0) is 4.79 Å². The Kier molecular flexibility index (Phi) is 6.20. The van der Waals surface area contributed by atoms with Crippen LogP contribution >= 0.6 is 0 Å². The number of ether oxygens (including phenoxy) is 2. The number of nitrogens with one attached hydrogen (secondary N) is 1. The lowest BCUT2D eigenvalue weighted by Crippen LogP contribution is -2.21. The summed E-state index contributed by atoms with van der Waals surface area (Å²) in [6, 6.07) is 18.5. The highest BCUT2D eigenvalue weighted by Gasteiger charge is 2.20. The minimum atomic E-state index is -1.26. The van der Waals surface area contributed by atoms with Crippen molar-refractivity contribution in [1.29, 1.82) is 0 Å². The molecule has 0 fully saturated rings. The van der Waals surface area contributed by atoms with Crippen molar-refractivity contribution in [3.05, 3.63) is 77.4 Å². The number of carbonyl (C=O) groups is 1. The second-order valence-corrected chi connectivity index (χ2v) is 6.87. The van der Waals surface area contributed by atoms with Gasteiger partial charge >= 0.3 is 0 Å². The molecule has 0 saturated carbocycles. The van der Waals surface area contributed by atoms with E-state index in [4.69, 9.17) is 9.47 Å². The molecule has 0 aliphatic carbocycles. The summed E-state index contributed by atoms with van der Waals surface area (Å²) in [6.45, 7) is 3.93. The van der Waals surface area contributed by atoms with Gasteiger partial charge in [0, 0.05) is 11.3 Å². The summed E-state index contributed by atoms with van der Waals surface area (Å²) in [7, 11) is 3.17. The second-order valence-electron chi connectivity index (χ2n) is 6.87. The molecule has 3 aromatic carbocycles. The van der Waals surface area contributed by atoms with E-state index in [2.05, 4.69) is 5.32 Å². The van der Waals surface area contributed by atoms with Gasteiger partial charge in [-0.1, -0.05) is 48.0 Å². The van der Waals surface area contributed by atoms with Crippen molar-refractivity contribution in [2.75, 3.05) is 19.5 Å². The molecule has 0 saturated heterocycles. The number of benzene rings is 3. The predicted molar refractivity (Wildman–Crippen MR) is 114 cm³/mol. The third kappa shape index (κ3) is 4.41. The number of amides is 1. The Balaban J connectivity index is 1.94. The zero-order valence-electron chi connectivity index (χ0n) is 17.0. The lowest BCUT2D eigenvalue weighted by Gasteiger charge is -2.18. The van der Waals surface area contributed by atoms with Gasteiger partial charge in [-0.2, -0.15) is 0 Å². The number of hydrogen-bond donors (Lipinski definition) is 2. The predicted octanol–water partition coefficient (Wildman–Crippen LogP) is 4.66. The minimum absolute atomic E-state index is 0.485. The summed E-state index contributed by atoms with van der Waals surface area (Å²) in [4.78, 5) is 12.7. The molecule has 5 nitrogen and oxygen atoms in total. The third-order valence-corrected chi connectivity index (χ3v) is 4.84. The molecule has 1 unspecified atom stereocenters. The highest BCUT2D eigenvalue weighted by molar-refractivity contribution is 5.99. The molecule has 1 atom stereocenters. The molecule has 0 aliphatic rings. The first-order chi connectivity index (χ1) is 13.9. The molecule has 0 radical (unpaired) electrons. The number of rotatable bonds is 6. The van der Waals surface area contributed by atoms with Gasteiger partial charge in [-0.3, -0.25) is 4.79 Å². The first kappa shape index (κ1) is 20.4. The molecule has 2 N–H and O–H groups in total. The van der Waals surface area contributed by atoms with Crippen LogP contribution in [0.1, 0.15) is 22.8 Å². The van der Waals surface area contributed by atoms with Gasteiger partial charge in [-0.05, 0) is 48.7 Å². The molecule has 150 valence electrons. The van der Waals surface area contributed by atoms with Crippen LogP contribution in [0.3, 0.4) is 0 Å². The monoisotopic (exact) mass is 391 g/mol. The van der Waals surface area contributed by atoms with E-state index in [-0.39, 0.29) is 0 Å². The van der Waals surface area contributed by atoms with Crippen LogP contribution in [0.5, 0.6) is 11.5 Å². The molecule has 3 aromatic rings. The van der Waals surface area contributed by atoms with E-state index in [0.717, 1.165) is 22.3 Å². The molecule has 3 rings (SSSR count). The summed E-state index contributed by atoms with van der Waals surface area (Å²) < 4.78 is 10.7. The molecule has 1 amide bonds. The number of methoxy groups -OCH3 is 2. The number of aliphatic hydroxyl groups excluding tert-OH is 1. The fourth-order valence-corrected chi connectivity index (χ4v) is 3.25. The number of hydrogen-bond acceptors (Lipinski definition) is 4. The maximum absolute atomic E-state index is 12.7. The molecular formula is C24H25NO4. The Morgan fingerprint density at radius 2 is 1.62 bits per heavy atom. The van der Waals surface area contributed by atoms with Crippen molar-refractivity contribution < 1.29 is 19.4 Å². The van der Waals surface area contributed by atoms with E-state index < -0.39 is 12.0 Å². The van der Waals surface area contributed by atoms with Crippen LogP contribution in [-0.4, -0.2) is 25.2 Å². The zero-order valence-corrected chi connectivity index (χ0v) is 17.0. The number of carbonyl (C=O) groups excluding carboxylic acids is 1. The van der Waals surface area contributed by atoms with E-state index >= 15 is 0 Å². The van der Waals surface area contributed by atoms with Crippen LogP contribution in [0.4, 0.5) is 5.69 Å². The average molecular weight is 391 g/mol. The van der Waals surface area contributed by atoms with Gasteiger partial charge < -0.3 is 19.9 Å². The van der Waals surface area contributed by atoms with E-state index in [1.54, 1.807) is 26.4 Å². The molecule has 29 heavy (non-hydrogen) atoms. The summed E-state index contributed by atoms with van der Waals surface area (Å²) >= 11 is 0. The Labute approximate surface area is 170 Å². The first-order valence-corrected chi connectivity index (χ1v) is 9.32. The topological polar surface area (TPSA) is 67.8 Å². The van der Waals surface area contributed by atoms with Crippen LogP contribution in [0.2, 0.25) is 0 Å². The van der Waals surface area contributed by atoms with Gasteiger partial charge in [0.05, 0.1) is 14.2 Å². The van der Waals surface area contributed by atoms with Crippen molar-refractivity contribution in [2.24, 2.45) is 0 Å². The number of aliphatic hydroxyl groups is 1. The quantitative estimate of drug-likeness (QED) is 0.641. The minimum Gasteiger partial charge on any atom is -0.493 e. The largest absolute Gasteiger partial charge is 0.493 e. The van der Waals surface area contributed by atoms with E-state index in [9.17, 15) is 9.90 Å². The Bertz CT molecular complexity index is 1010. The molecule has 0 spiro atoms. The first-order valence-electron chi connectivity index (χ1n) is 9.32. The highest BCUT2D eigenvalue weighted by Crippen LogP contribution is 2.37. The van der Waals surface area contributed by atoms with Crippen LogP contribution in [0.15, 0.2) is 60.7 Å². The molecule has 0 aromatic heterocycles. The molecular weight excluding hydrogens is 366 g/mol. The fourth-order valence-electron chi connectivity index (χ4n) is 3.25. The Morgan fingerprint density at radius 1 is 0.931 bits per heavy atom. The van der Waals surface area contributed by atoms with Gasteiger partial charge in [-0.25, -0.2) is 0 Å². The van der Waals surface area contributed by atoms with Gasteiger partial charge in [0.1, 0.15) is 0 Å². The SMILES string of the molecule is COc1ccc(-c2c(C)cccc2NC(=O)C(O)c2ccc(C)cc2)cc1OC. The van der Waals surface area contributed by atoms with Crippen LogP contribution < -0.4 is 14.8 Å². The average Bonchev–Trinajstić information content (AvgIpc) is 2.73. The van der Waals surface area contributed by atoms with Crippen molar-refractivity contribution in [2.45, 2.75) is 20.0 Å². The fraction of sp³-hybridized carbons (Fsp3) is 0.208. The number of anilines is 1. The summed E-state index contributed by atoms with van der Waals surface area (Å²) in [5, 5.41) is 13.3. The van der Waals surface area contributed by atoms with Crippen LogP contribution in [0.25, 0.3) is 11.1 Å². The van der Waals surface area contributed by atoms with Gasteiger partial charge in [0.15, 0.2) is 17.6 Å². The Hall–Kier alpha value is -3.31. The zero-order chi connectivity index (χ0) is 21.0. The van der Waals surface area contributed by atoms with Crippen molar-refractivity contribution in [3.8, 4) is 22.6 Å². The number of aryl methyl sites for hydroxylation is 2. The van der Waals surface area contributed by atoms with Gasteiger partial charge in [0.2, 0.25) is 0 Å². The summed E-state index contributed by atoms with van der Waals surface area (Å²) in [6.07, 6.45) is -1.26. The summed E-state index contributed by atoms with van der Waals surface area (Å²) in [5.41, 5.74) is 4.95. The lowest BCUT2D eigenvalue weighted by atomic mass is 9.97. The van der Waals surface area contributed by atoms with E-state index in [1.165, 1.54) is 0 Å². The van der Waals surface area contributed by atoms with Crippen molar-refractivity contribution >= 4 is 11.6 Å². The van der Waals surface area contributed by atoms with Crippen molar-refractivity contribution in [3.63, 3.8) is 0 Å². The standard InChI is InChI=1S/C24H25NO4/c1-15-8-10-17(11-9-15)23(26)24(27)25-19-7-5-6-16(2)22(19)18-12-13-20(28-3)21(14-18)29-4/h5-14,23,26H,1-4H3,(H,25,27). The van der Waals surface area contributed by atoms with E-state index in [1.807, 2.05) is 62.4 Å². The molecule has 5 heteroatoms.